The van der Waals surface area contributed by atoms with Crippen molar-refractivity contribution in [2.75, 3.05) is 11.5 Å². The zero-order valence-electron chi connectivity index (χ0n) is 14.2. The lowest BCUT2D eigenvalue weighted by atomic mass is 10.1. The monoisotopic (exact) mass is 383 g/mol. The molecule has 1 saturated heterocycles. The summed E-state index contributed by atoms with van der Waals surface area (Å²) in [4.78, 5) is 31.9. The van der Waals surface area contributed by atoms with Crippen LogP contribution in [0.4, 0.5) is 0 Å². The summed E-state index contributed by atoms with van der Waals surface area (Å²) in [6.07, 6.45) is 2.56. The van der Waals surface area contributed by atoms with Gasteiger partial charge in [-0.1, -0.05) is 6.92 Å². The first-order chi connectivity index (χ1) is 11.8. The fourth-order valence-electron chi connectivity index (χ4n) is 3.23. The van der Waals surface area contributed by atoms with Crippen LogP contribution in [-0.4, -0.2) is 52.4 Å². The van der Waals surface area contributed by atoms with E-state index in [9.17, 15) is 18.0 Å². The number of amides is 1. The van der Waals surface area contributed by atoms with Crippen LogP contribution in [0.3, 0.4) is 0 Å². The number of hydrogen-bond donors (Lipinski definition) is 0. The van der Waals surface area contributed by atoms with E-state index in [1.54, 1.807) is 16.3 Å². The van der Waals surface area contributed by atoms with E-state index in [4.69, 9.17) is 0 Å². The van der Waals surface area contributed by atoms with Gasteiger partial charge in [-0.05, 0) is 31.2 Å². The van der Waals surface area contributed by atoms with Crippen LogP contribution >= 0.6 is 11.3 Å². The van der Waals surface area contributed by atoms with Crippen LogP contribution < -0.4 is 5.56 Å². The van der Waals surface area contributed by atoms with Crippen LogP contribution in [-0.2, 0) is 21.2 Å². The highest BCUT2D eigenvalue weighted by atomic mass is 32.2. The molecule has 3 rings (SSSR count). The van der Waals surface area contributed by atoms with E-state index in [1.807, 2.05) is 13.8 Å². The van der Waals surface area contributed by atoms with E-state index in [2.05, 4.69) is 4.98 Å². The second-order valence-electron chi connectivity index (χ2n) is 6.43. The molecule has 1 fully saturated rings. The molecule has 1 aliphatic rings. The van der Waals surface area contributed by atoms with Crippen molar-refractivity contribution in [2.24, 2.45) is 0 Å². The third kappa shape index (κ3) is 3.62. The summed E-state index contributed by atoms with van der Waals surface area (Å²) in [6.45, 7) is 3.74. The fraction of sp³-hybridized carbons (Fsp3) is 0.562. The van der Waals surface area contributed by atoms with Gasteiger partial charge in [0, 0.05) is 12.1 Å². The maximum absolute atomic E-state index is 12.9. The SMILES string of the molecule is CC[C@@H](C)N(C(=O)Cn1cnc2sccc2c1=O)[C@@H]1CCS(=O)(=O)C1. The smallest absolute Gasteiger partial charge is 0.262 e. The molecule has 0 unspecified atom stereocenters. The highest BCUT2D eigenvalue weighted by Gasteiger charge is 2.36. The van der Waals surface area contributed by atoms with Crippen molar-refractivity contribution in [3.05, 3.63) is 28.1 Å². The third-order valence-corrected chi connectivity index (χ3v) is 7.28. The lowest BCUT2D eigenvalue weighted by Gasteiger charge is -2.33. The maximum atomic E-state index is 12.9. The number of sulfone groups is 1. The molecule has 1 amide bonds. The molecule has 0 radical (unpaired) electrons. The van der Waals surface area contributed by atoms with Gasteiger partial charge in [-0.15, -0.1) is 11.3 Å². The molecule has 3 heterocycles. The van der Waals surface area contributed by atoms with Crippen molar-refractivity contribution in [2.45, 2.75) is 45.3 Å². The molecule has 0 aromatic carbocycles. The van der Waals surface area contributed by atoms with E-state index in [0.29, 0.717) is 16.6 Å². The Hall–Kier alpha value is -1.74. The second kappa shape index (κ2) is 6.87. The summed E-state index contributed by atoms with van der Waals surface area (Å²) in [5.74, 6) is -0.130. The fourth-order valence-corrected chi connectivity index (χ4v) is 5.67. The first-order valence-electron chi connectivity index (χ1n) is 8.26. The summed E-state index contributed by atoms with van der Waals surface area (Å²) in [5, 5.41) is 2.29. The maximum Gasteiger partial charge on any atom is 0.262 e. The van der Waals surface area contributed by atoms with Gasteiger partial charge in [-0.2, -0.15) is 0 Å². The molecule has 25 heavy (non-hydrogen) atoms. The molecular formula is C16H21N3O4S2. The molecule has 0 saturated carbocycles. The van der Waals surface area contributed by atoms with Crippen LogP contribution in [0.2, 0.25) is 0 Å². The number of carbonyl (C=O) groups is 1. The largest absolute Gasteiger partial charge is 0.334 e. The van der Waals surface area contributed by atoms with E-state index >= 15 is 0 Å². The first kappa shape index (κ1) is 18.1. The molecule has 136 valence electrons. The lowest BCUT2D eigenvalue weighted by Crippen LogP contribution is -2.48. The van der Waals surface area contributed by atoms with Gasteiger partial charge in [0.15, 0.2) is 9.84 Å². The van der Waals surface area contributed by atoms with Gasteiger partial charge >= 0.3 is 0 Å². The van der Waals surface area contributed by atoms with Crippen molar-refractivity contribution in [1.29, 1.82) is 0 Å². The van der Waals surface area contributed by atoms with Crippen molar-refractivity contribution in [3.63, 3.8) is 0 Å². The number of aromatic nitrogens is 2. The summed E-state index contributed by atoms with van der Waals surface area (Å²) < 4.78 is 24.9. The van der Waals surface area contributed by atoms with Crippen LogP contribution in [0, 0.1) is 0 Å². The Kier molecular flexibility index (Phi) is 4.97. The van der Waals surface area contributed by atoms with Crippen molar-refractivity contribution < 1.29 is 13.2 Å². The Morgan fingerprint density at radius 3 is 2.92 bits per heavy atom. The zero-order chi connectivity index (χ0) is 18.2. The highest BCUT2D eigenvalue weighted by molar-refractivity contribution is 7.91. The first-order valence-corrected chi connectivity index (χ1v) is 11.0. The third-order valence-electron chi connectivity index (χ3n) is 4.71. The topological polar surface area (TPSA) is 89.3 Å². The van der Waals surface area contributed by atoms with E-state index in [0.717, 1.165) is 6.42 Å². The number of rotatable bonds is 5. The Labute approximate surface area is 150 Å². The van der Waals surface area contributed by atoms with E-state index in [1.165, 1.54) is 22.2 Å². The Morgan fingerprint density at radius 2 is 2.28 bits per heavy atom. The molecule has 9 heteroatoms. The van der Waals surface area contributed by atoms with Gasteiger partial charge in [-0.3, -0.25) is 14.2 Å². The molecule has 0 bridgehead atoms. The van der Waals surface area contributed by atoms with E-state index < -0.39 is 9.84 Å². The minimum atomic E-state index is -3.09. The summed E-state index contributed by atoms with van der Waals surface area (Å²) in [6, 6.07) is 1.30. The summed E-state index contributed by atoms with van der Waals surface area (Å²) >= 11 is 1.38. The quantitative estimate of drug-likeness (QED) is 0.776. The Bertz CT molecular complexity index is 948. The standard InChI is InChI=1S/C16H21N3O4S2/c1-3-11(2)19(12-5-7-25(22,23)9-12)14(20)8-18-10-17-15-13(16(18)21)4-6-24-15/h4,6,10-12H,3,5,7-9H2,1-2H3/t11-,12-/m1/s1. The average Bonchev–Trinajstić information content (AvgIpc) is 3.17. The van der Waals surface area contributed by atoms with Crippen LogP contribution in [0.15, 0.2) is 22.6 Å². The molecule has 1 aliphatic heterocycles. The summed E-state index contributed by atoms with van der Waals surface area (Å²) in [5.41, 5.74) is -0.247. The summed E-state index contributed by atoms with van der Waals surface area (Å²) in [7, 11) is -3.09. The number of nitrogens with zero attached hydrogens (tertiary/aromatic N) is 3. The predicted molar refractivity (Wildman–Crippen MR) is 97.5 cm³/mol. The van der Waals surface area contributed by atoms with Gasteiger partial charge in [0.25, 0.3) is 5.56 Å². The molecule has 7 nitrogen and oxygen atoms in total. The van der Waals surface area contributed by atoms with Crippen LogP contribution in [0.5, 0.6) is 0 Å². The van der Waals surface area contributed by atoms with Gasteiger partial charge in [0.2, 0.25) is 5.91 Å². The predicted octanol–water partition coefficient (Wildman–Crippen LogP) is 1.27. The van der Waals surface area contributed by atoms with Gasteiger partial charge < -0.3 is 4.90 Å². The molecule has 2 aromatic rings. The minimum absolute atomic E-state index is 0.000204. The zero-order valence-corrected chi connectivity index (χ0v) is 15.8. The normalized spacial score (nSPS) is 20.6. The molecule has 0 spiro atoms. The van der Waals surface area contributed by atoms with Gasteiger partial charge in [-0.25, -0.2) is 13.4 Å². The van der Waals surface area contributed by atoms with Crippen molar-refractivity contribution in [1.82, 2.24) is 14.5 Å². The number of hydrogen-bond acceptors (Lipinski definition) is 6. The minimum Gasteiger partial charge on any atom is -0.334 e. The Balaban J connectivity index is 1.87. The van der Waals surface area contributed by atoms with E-state index in [-0.39, 0.29) is 41.6 Å². The molecule has 2 atom stereocenters. The average molecular weight is 383 g/mol. The molecule has 2 aromatic heterocycles. The lowest BCUT2D eigenvalue weighted by molar-refractivity contribution is -0.136. The number of fused-ring (bicyclic) bond motifs is 1. The number of carbonyl (C=O) groups excluding carboxylic acids is 1. The highest BCUT2D eigenvalue weighted by Crippen LogP contribution is 2.22. The number of thiophene rings is 1. The van der Waals surface area contributed by atoms with Gasteiger partial charge in [0.05, 0.1) is 23.2 Å². The molecular weight excluding hydrogens is 362 g/mol. The van der Waals surface area contributed by atoms with Crippen molar-refractivity contribution in [3.8, 4) is 0 Å². The van der Waals surface area contributed by atoms with Crippen LogP contribution in [0.25, 0.3) is 10.2 Å². The molecule has 0 aliphatic carbocycles. The van der Waals surface area contributed by atoms with Crippen molar-refractivity contribution >= 4 is 37.3 Å². The van der Waals surface area contributed by atoms with Gasteiger partial charge in [0.1, 0.15) is 11.4 Å². The van der Waals surface area contributed by atoms with Crippen LogP contribution in [0.1, 0.15) is 26.7 Å². The second-order valence-corrected chi connectivity index (χ2v) is 9.56. The molecule has 0 N–H and O–H groups in total. The Morgan fingerprint density at radius 1 is 1.52 bits per heavy atom.